The van der Waals surface area contributed by atoms with Crippen LogP contribution in [-0.4, -0.2) is 12.5 Å². The fraction of sp³-hybridized carbons (Fsp3) is 0.500. The maximum atomic E-state index is 4.35. The van der Waals surface area contributed by atoms with Crippen molar-refractivity contribution in [3.8, 4) is 0 Å². The molecule has 2 N–H and O–H groups in total. The lowest BCUT2D eigenvalue weighted by molar-refractivity contribution is 0.789. The van der Waals surface area contributed by atoms with E-state index in [4.69, 9.17) is 0 Å². The van der Waals surface area contributed by atoms with Crippen molar-refractivity contribution in [1.82, 2.24) is 10.9 Å². The van der Waals surface area contributed by atoms with Crippen LogP contribution in [0.1, 0.15) is 0 Å². The third-order valence-electron chi connectivity index (χ3n) is 0.203. The minimum absolute atomic E-state index is 1.40. The van der Waals surface area contributed by atoms with Crippen molar-refractivity contribution in [1.29, 1.82) is 0 Å². The third kappa shape index (κ3) is 3.85. The molecule has 0 amide bonds. The number of hydrogen-bond acceptors (Lipinski definition) is 2. The van der Waals surface area contributed by atoms with E-state index >= 15 is 0 Å². The second-order valence-corrected chi connectivity index (χ2v) is 0.748. The molecule has 2 nitrogen and oxygen atoms in total. The van der Waals surface area contributed by atoms with Gasteiger partial charge >= 0.3 is 0 Å². The molecule has 30 valence electrons. The molecule has 0 bridgehead atoms. The lowest BCUT2D eigenvalue weighted by Crippen LogP contribution is -2.24. The van der Waals surface area contributed by atoms with E-state index in [0.29, 0.717) is 0 Å². The van der Waals surface area contributed by atoms with E-state index in [1.807, 2.05) is 0 Å². The second kappa shape index (κ2) is 3.85. The Morgan fingerprint density at radius 2 is 2.40 bits per heavy atom. The molecule has 0 radical (unpaired) electrons. The van der Waals surface area contributed by atoms with Crippen LogP contribution in [0.2, 0.25) is 0 Å². The minimum Gasteiger partial charge on any atom is -0.318 e. The molecule has 0 heterocycles. The van der Waals surface area contributed by atoms with Crippen LogP contribution in [0.5, 0.6) is 0 Å². The van der Waals surface area contributed by atoms with Crippen molar-refractivity contribution in [2.45, 2.75) is 0 Å². The Labute approximate surface area is 36.5 Å². The highest BCUT2D eigenvalue weighted by Crippen LogP contribution is 1.30. The maximum absolute atomic E-state index is 4.35. The first-order chi connectivity index (χ1) is 2.41. The molecule has 0 rings (SSSR count). The van der Waals surface area contributed by atoms with E-state index in [2.05, 4.69) is 23.1 Å². The van der Waals surface area contributed by atoms with E-state index in [1.54, 1.807) is 7.05 Å². The topological polar surface area (TPSA) is 24.1 Å². The summed E-state index contributed by atoms with van der Waals surface area (Å²) in [5.74, 6) is 0. The van der Waals surface area contributed by atoms with Crippen molar-refractivity contribution in [3.63, 3.8) is 0 Å². The number of hydrogen-bond donors (Lipinski definition) is 2. The first kappa shape index (κ1) is 4.85. The lowest BCUT2D eigenvalue weighted by Gasteiger charge is -1.85. The summed E-state index contributed by atoms with van der Waals surface area (Å²) in [5, 5.41) is 0. The summed E-state index contributed by atoms with van der Waals surface area (Å²) in [7, 11) is 1.75. The zero-order chi connectivity index (χ0) is 4.12. The van der Waals surface area contributed by atoms with Gasteiger partial charge < -0.3 is 5.43 Å². The molecule has 0 fully saturated rings. The van der Waals surface area contributed by atoms with Crippen LogP contribution in [0.25, 0.3) is 0 Å². The van der Waals surface area contributed by atoms with Crippen LogP contribution in [0.3, 0.4) is 0 Å². The number of rotatable bonds is 2. The number of thiocarbonyl (C=S) groups is 1. The first-order valence-corrected chi connectivity index (χ1v) is 1.75. The highest BCUT2D eigenvalue weighted by molar-refractivity contribution is 7.78. The molecule has 0 saturated carbocycles. The molecule has 0 aliphatic rings. The van der Waals surface area contributed by atoms with Crippen LogP contribution in [0.4, 0.5) is 0 Å². The zero-order valence-electron chi connectivity index (χ0n) is 2.99. The van der Waals surface area contributed by atoms with Crippen molar-refractivity contribution in [2.24, 2.45) is 0 Å². The van der Waals surface area contributed by atoms with Crippen LogP contribution >= 0.6 is 12.2 Å². The van der Waals surface area contributed by atoms with Gasteiger partial charge in [-0.3, -0.25) is 0 Å². The summed E-state index contributed by atoms with van der Waals surface area (Å²) in [4.78, 5) is 0. The number of nitrogens with one attached hydrogen (secondary N) is 2. The van der Waals surface area contributed by atoms with Crippen LogP contribution in [0, 0.1) is 0 Å². The largest absolute Gasteiger partial charge is 0.318 e. The molecule has 0 aliphatic heterocycles. The van der Waals surface area contributed by atoms with Crippen LogP contribution in [-0.2, 0) is 0 Å². The van der Waals surface area contributed by atoms with E-state index in [0.717, 1.165) is 0 Å². The van der Waals surface area contributed by atoms with Crippen LogP contribution in [0.15, 0.2) is 0 Å². The summed E-state index contributed by atoms with van der Waals surface area (Å²) in [6, 6.07) is 0. The predicted octanol–water partition coefficient (Wildman–Crippen LogP) is -0.332. The van der Waals surface area contributed by atoms with Crippen molar-refractivity contribution >= 4 is 17.7 Å². The third-order valence-corrected chi connectivity index (χ3v) is 0.321. The molecular formula is C2H6N2S. The molecule has 3 heteroatoms. The smallest absolute Gasteiger partial charge is 0.0757 e. The first-order valence-electron chi connectivity index (χ1n) is 1.27. The highest BCUT2D eigenvalue weighted by atomic mass is 32.1. The Hall–Kier alpha value is -0.150. The fourth-order valence-corrected chi connectivity index (χ4v) is 0.177. The highest BCUT2D eigenvalue weighted by Gasteiger charge is 1.51. The monoisotopic (exact) mass is 90.0 g/mol. The van der Waals surface area contributed by atoms with Gasteiger partial charge in [0.1, 0.15) is 0 Å². The molecule has 0 atom stereocenters. The van der Waals surface area contributed by atoms with Gasteiger partial charge in [-0.1, -0.05) is 12.2 Å². The Kier molecular flexibility index (Phi) is 3.73. The molecule has 0 aromatic carbocycles. The van der Waals surface area contributed by atoms with Gasteiger partial charge in [0, 0.05) is 7.05 Å². The van der Waals surface area contributed by atoms with Crippen molar-refractivity contribution in [3.05, 3.63) is 0 Å². The normalized spacial score (nSPS) is 6.60. The van der Waals surface area contributed by atoms with Gasteiger partial charge in [-0.25, -0.2) is 5.43 Å². The van der Waals surface area contributed by atoms with E-state index in [-0.39, 0.29) is 0 Å². The number of hydrazine groups is 1. The lowest BCUT2D eigenvalue weighted by atomic mass is 11.4. The molecule has 0 aromatic heterocycles. The summed E-state index contributed by atoms with van der Waals surface area (Å²) >= 11 is 4.35. The summed E-state index contributed by atoms with van der Waals surface area (Å²) < 4.78 is 0. The van der Waals surface area contributed by atoms with Crippen molar-refractivity contribution in [2.75, 3.05) is 7.05 Å². The average Bonchev–Trinajstić information content (AvgIpc) is 1.41. The Morgan fingerprint density at radius 3 is 2.40 bits per heavy atom. The summed E-state index contributed by atoms with van der Waals surface area (Å²) in [6.45, 7) is 0. The summed E-state index contributed by atoms with van der Waals surface area (Å²) in [5.41, 5.74) is 6.56. The van der Waals surface area contributed by atoms with Gasteiger partial charge in [0.25, 0.3) is 0 Å². The SMILES string of the molecule is CNNC=S. The second-order valence-electron chi connectivity index (χ2n) is 0.512. The molecular weight excluding hydrogens is 84.1 g/mol. The van der Waals surface area contributed by atoms with Gasteiger partial charge in [0.05, 0.1) is 5.49 Å². The Balaban J connectivity index is 2.40. The Bertz CT molecular complexity index is 28.8. The molecule has 0 saturated heterocycles. The van der Waals surface area contributed by atoms with E-state index in [1.165, 1.54) is 5.49 Å². The van der Waals surface area contributed by atoms with Gasteiger partial charge in [0.2, 0.25) is 0 Å². The standard InChI is InChI=1S/C2H6N2S/c1-3-4-2-5/h2-3H,1H3,(H,4,5). The Morgan fingerprint density at radius 1 is 1.80 bits per heavy atom. The predicted molar refractivity (Wildman–Crippen MR) is 25.9 cm³/mol. The quantitative estimate of drug-likeness (QED) is 0.358. The molecule has 0 aliphatic carbocycles. The van der Waals surface area contributed by atoms with E-state index < -0.39 is 0 Å². The van der Waals surface area contributed by atoms with Gasteiger partial charge in [-0.15, -0.1) is 0 Å². The van der Waals surface area contributed by atoms with Crippen molar-refractivity contribution < 1.29 is 0 Å². The van der Waals surface area contributed by atoms with Gasteiger partial charge in [-0.05, 0) is 0 Å². The summed E-state index contributed by atoms with van der Waals surface area (Å²) in [6.07, 6.45) is 0. The maximum Gasteiger partial charge on any atom is 0.0757 e. The average molecular weight is 90.2 g/mol. The molecule has 0 unspecified atom stereocenters. The molecule has 0 aromatic rings. The molecule has 5 heavy (non-hydrogen) atoms. The fourth-order valence-electron chi connectivity index (χ4n) is 0.0589. The zero-order valence-corrected chi connectivity index (χ0v) is 3.80. The van der Waals surface area contributed by atoms with Crippen LogP contribution < -0.4 is 10.9 Å². The van der Waals surface area contributed by atoms with Gasteiger partial charge in [0.15, 0.2) is 0 Å². The van der Waals surface area contributed by atoms with Gasteiger partial charge in [-0.2, -0.15) is 0 Å². The minimum atomic E-state index is 1.40. The molecule has 0 spiro atoms. The van der Waals surface area contributed by atoms with E-state index in [9.17, 15) is 0 Å².